The molecule has 1 aromatic carbocycles. The minimum Gasteiger partial charge on any atom is -0.493 e. The van der Waals surface area contributed by atoms with Gasteiger partial charge in [0, 0.05) is 23.4 Å². The Hall–Kier alpha value is -0.680. The maximum atomic E-state index is 6.44. The number of ether oxygens (including phenoxy) is 4. The minimum absolute atomic E-state index is 0.133. The Morgan fingerprint density at radius 1 is 1.27 bits per heavy atom. The third kappa shape index (κ3) is 5.19. The molecule has 0 spiro atoms. The number of benzene rings is 1. The molecule has 0 amide bonds. The van der Waals surface area contributed by atoms with E-state index in [1.165, 1.54) is 5.56 Å². The van der Waals surface area contributed by atoms with Crippen molar-refractivity contribution in [2.75, 3.05) is 39.9 Å². The van der Waals surface area contributed by atoms with E-state index in [2.05, 4.69) is 6.07 Å². The molecule has 1 heterocycles. The van der Waals surface area contributed by atoms with Gasteiger partial charge in [-0.2, -0.15) is 0 Å². The standard InChI is InChI=1S/C20H30Cl2O4/c1-15(22)6-4-10-20(14-25-13-11-21)18-16(7-5-12-26-20)8-9-17(23-2)19(18)24-3/h8-9,15H,4-7,10-14H2,1-3H3. The molecule has 0 saturated heterocycles. The van der Waals surface area contributed by atoms with E-state index in [9.17, 15) is 0 Å². The van der Waals surface area contributed by atoms with Crippen molar-refractivity contribution in [1.29, 1.82) is 0 Å². The van der Waals surface area contributed by atoms with Crippen molar-refractivity contribution in [3.8, 4) is 11.5 Å². The zero-order chi connectivity index (χ0) is 19.0. The highest BCUT2D eigenvalue weighted by Gasteiger charge is 2.40. The first-order valence-corrected chi connectivity index (χ1v) is 10.2. The molecule has 0 bridgehead atoms. The van der Waals surface area contributed by atoms with Gasteiger partial charge in [-0.15, -0.1) is 23.2 Å². The van der Waals surface area contributed by atoms with E-state index >= 15 is 0 Å². The predicted octanol–water partition coefficient (Wildman–Crippen LogP) is 4.91. The van der Waals surface area contributed by atoms with Crippen LogP contribution in [0.4, 0.5) is 0 Å². The van der Waals surface area contributed by atoms with Crippen LogP contribution in [-0.4, -0.2) is 45.3 Å². The van der Waals surface area contributed by atoms with Crippen LogP contribution in [-0.2, 0) is 21.5 Å². The molecule has 0 saturated carbocycles. The predicted molar refractivity (Wildman–Crippen MR) is 106 cm³/mol. The Balaban J connectivity index is 2.47. The largest absolute Gasteiger partial charge is 0.493 e. The Bertz CT molecular complexity index is 565. The smallest absolute Gasteiger partial charge is 0.167 e. The second-order valence-electron chi connectivity index (χ2n) is 6.70. The lowest BCUT2D eigenvalue weighted by molar-refractivity contribution is -0.107. The number of hydrogen-bond acceptors (Lipinski definition) is 4. The average Bonchev–Trinajstić information content (AvgIpc) is 2.81. The Morgan fingerprint density at radius 2 is 2.08 bits per heavy atom. The van der Waals surface area contributed by atoms with Gasteiger partial charge in [0.05, 0.1) is 27.4 Å². The third-order valence-electron chi connectivity index (χ3n) is 4.80. The first-order chi connectivity index (χ1) is 12.6. The van der Waals surface area contributed by atoms with E-state index in [0.717, 1.165) is 43.4 Å². The van der Waals surface area contributed by atoms with E-state index < -0.39 is 5.60 Å². The van der Waals surface area contributed by atoms with Crippen LogP contribution in [0.15, 0.2) is 12.1 Å². The first kappa shape index (κ1) is 21.6. The highest BCUT2D eigenvalue weighted by atomic mass is 35.5. The normalized spacial score (nSPS) is 21.0. The van der Waals surface area contributed by atoms with Crippen LogP contribution < -0.4 is 9.47 Å². The Labute approximate surface area is 167 Å². The van der Waals surface area contributed by atoms with Gasteiger partial charge in [0.15, 0.2) is 11.5 Å². The van der Waals surface area contributed by atoms with E-state index in [4.69, 9.17) is 42.1 Å². The number of hydrogen-bond donors (Lipinski definition) is 0. The molecule has 1 aromatic rings. The monoisotopic (exact) mass is 404 g/mol. The van der Waals surface area contributed by atoms with E-state index in [1.807, 2.05) is 13.0 Å². The van der Waals surface area contributed by atoms with Gasteiger partial charge in [0.25, 0.3) is 0 Å². The lowest BCUT2D eigenvalue weighted by Crippen LogP contribution is -2.36. The van der Waals surface area contributed by atoms with Crippen LogP contribution in [0.5, 0.6) is 11.5 Å². The molecule has 2 atom stereocenters. The summed E-state index contributed by atoms with van der Waals surface area (Å²) in [5.74, 6) is 1.90. The van der Waals surface area contributed by atoms with Crippen molar-refractivity contribution < 1.29 is 18.9 Å². The van der Waals surface area contributed by atoms with Gasteiger partial charge < -0.3 is 18.9 Å². The van der Waals surface area contributed by atoms with Gasteiger partial charge >= 0.3 is 0 Å². The number of fused-ring (bicyclic) bond motifs is 1. The second kappa shape index (κ2) is 10.6. The molecule has 6 heteroatoms. The molecule has 0 aromatic heterocycles. The van der Waals surface area contributed by atoms with Crippen molar-refractivity contribution in [1.82, 2.24) is 0 Å². The van der Waals surface area contributed by atoms with Crippen LogP contribution >= 0.6 is 23.2 Å². The zero-order valence-corrected chi connectivity index (χ0v) is 17.5. The molecule has 2 unspecified atom stereocenters. The number of alkyl halides is 2. The zero-order valence-electron chi connectivity index (χ0n) is 16.0. The molecular formula is C20H30Cl2O4. The van der Waals surface area contributed by atoms with Gasteiger partial charge in [-0.25, -0.2) is 0 Å². The third-order valence-corrected chi connectivity index (χ3v) is 5.17. The van der Waals surface area contributed by atoms with Crippen molar-refractivity contribution in [3.05, 3.63) is 23.3 Å². The second-order valence-corrected chi connectivity index (χ2v) is 7.82. The van der Waals surface area contributed by atoms with Gasteiger partial charge in [-0.3, -0.25) is 0 Å². The lowest BCUT2D eigenvalue weighted by Gasteiger charge is -2.36. The summed E-state index contributed by atoms with van der Waals surface area (Å²) in [5, 5.41) is 0.133. The summed E-state index contributed by atoms with van der Waals surface area (Å²) in [5.41, 5.74) is 1.70. The molecule has 0 radical (unpaired) electrons. The molecule has 1 aliphatic heterocycles. The van der Waals surface area contributed by atoms with E-state index in [0.29, 0.717) is 31.5 Å². The fourth-order valence-electron chi connectivity index (χ4n) is 3.62. The van der Waals surface area contributed by atoms with Gasteiger partial charge in [-0.05, 0) is 50.7 Å². The fourth-order valence-corrected chi connectivity index (χ4v) is 3.88. The van der Waals surface area contributed by atoms with Crippen LogP contribution in [0.2, 0.25) is 0 Å². The number of rotatable bonds is 10. The topological polar surface area (TPSA) is 36.9 Å². The molecule has 1 aliphatic rings. The maximum Gasteiger partial charge on any atom is 0.167 e. The molecule has 0 fully saturated rings. The molecule has 0 N–H and O–H groups in total. The summed E-state index contributed by atoms with van der Waals surface area (Å²) in [6.07, 6.45) is 4.58. The highest BCUT2D eigenvalue weighted by molar-refractivity contribution is 6.20. The fraction of sp³-hybridized carbons (Fsp3) is 0.700. The molecular weight excluding hydrogens is 375 g/mol. The number of methoxy groups -OCH3 is 2. The summed E-state index contributed by atoms with van der Waals surface area (Å²) in [6.45, 7) is 3.62. The first-order valence-electron chi connectivity index (χ1n) is 9.24. The van der Waals surface area contributed by atoms with Crippen LogP contribution in [0.1, 0.15) is 43.7 Å². The number of aryl methyl sites for hydroxylation is 1. The quantitative estimate of drug-likeness (QED) is 0.409. The highest BCUT2D eigenvalue weighted by Crippen LogP contribution is 2.46. The number of halogens is 2. The summed E-state index contributed by atoms with van der Waals surface area (Å²) in [4.78, 5) is 0. The van der Waals surface area contributed by atoms with E-state index in [-0.39, 0.29) is 5.38 Å². The molecule has 26 heavy (non-hydrogen) atoms. The SMILES string of the molecule is COc1ccc2c(c1OC)C(CCCC(C)Cl)(COCCCl)OCCC2. The van der Waals surface area contributed by atoms with Crippen molar-refractivity contribution in [2.24, 2.45) is 0 Å². The summed E-state index contributed by atoms with van der Waals surface area (Å²) < 4.78 is 23.6. The van der Waals surface area contributed by atoms with Crippen LogP contribution in [0.3, 0.4) is 0 Å². The Kier molecular flexibility index (Phi) is 8.82. The van der Waals surface area contributed by atoms with Gasteiger partial charge in [-0.1, -0.05) is 6.07 Å². The summed E-state index contributed by atoms with van der Waals surface area (Å²) >= 11 is 12.0. The molecule has 0 aliphatic carbocycles. The van der Waals surface area contributed by atoms with Crippen molar-refractivity contribution >= 4 is 23.2 Å². The average molecular weight is 405 g/mol. The maximum absolute atomic E-state index is 6.44. The molecule has 148 valence electrons. The van der Waals surface area contributed by atoms with Gasteiger partial charge in [0.1, 0.15) is 5.60 Å². The van der Waals surface area contributed by atoms with Crippen molar-refractivity contribution in [3.63, 3.8) is 0 Å². The van der Waals surface area contributed by atoms with Crippen LogP contribution in [0.25, 0.3) is 0 Å². The molecule has 2 rings (SSSR count). The lowest BCUT2D eigenvalue weighted by atomic mass is 9.84. The summed E-state index contributed by atoms with van der Waals surface area (Å²) in [6, 6.07) is 4.08. The van der Waals surface area contributed by atoms with E-state index in [1.54, 1.807) is 14.2 Å². The minimum atomic E-state index is -0.580. The molecule has 4 nitrogen and oxygen atoms in total. The van der Waals surface area contributed by atoms with Crippen LogP contribution in [0, 0.1) is 0 Å². The Morgan fingerprint density at radius 3 is 2.73 bits per heavy atom. The van der Waals surface area contributed by atoms with Gasteiger partial charge in [0.2, 0.25) is 0 Å². The summed E-state index contributed by atoms with van der Waals surface area (Å²) in [7, 11) is 3.33. The van der Waals surface area contributed by atoms with Crippen molar-refractivity contribution in [2.45, 2.75) is 50.0 Å².